The highest BCUT2D eigenvalue weighted by Crippen LogP contribution is 2.54. The highest BCUT2D eigenvalue weighted by atomic mass is 16.5. The Bertz CT molecular complexity index is 1080. The molecule has 0 N–H and O–H groups in total. The van der Waals surface area contributed by atoms with Crippen molar-refractivity contribution in [3.8, 4) is 5.75 Å². The molecule has 3 aromatic rings. The SMILES string of the molecule is Cc1ccc2c(c1)C(C)(C)C1(C=Nc3c(ccc4ccccc34)O1)N2C. The molecular weight excluding hydrogens is 320 g/mol. The van der Waals surface area contributed by atoms with Crippen LogP contribution >= 0.6 is 0 Å². The molecule has 2 heterocycles. The van der Waals surface area contributed by atoms with Crippen LogP contribution in [-0.2, 0) is 5.41 Å². The van der Waals surface area contributed by atoms with Crippen molar-refractivity contribution in [3.05, 3.63) is 65.7 Å². The van der Waals surface area contributed by atoms with Crippen LogP contribution in [0.2, 0.25) is 0 Å². The van der Waals surface area contributed by atoms with Gasteiger partial charge in [-0.1, -0.05) is 48.0 Å². The Labute approximate surface area is 153 Å². The molecular formula is C23H22N2O. The fourth-order valence-corrected chi connectivity index (χ4v) is 4.47. The fraction of sp³-hybridized carbons (Fsp3) is 0.261. The third-order valence-corrected chi connectivity index (χ3v) is 6.08. The average molecular weight is 342 g/mol. The van der Waals surface area contributed by atoms with Gasteiger partial charge in [0.2, 0.25) is 5.72 Å². The number of aliphatic imine (C=N–C) groups is 1. The minimum absolute atomic E-state index is 0.226. The van der Waals surface area contributed by atoms with E-state index in [4.69, 9.17) is 9.73 Å². The summed E-state index contributed by atoms with van der Waals surface area (Å²) in [4.78, 5) is 7.14. The minimum atomic E-state index is -0.626. The van der Waals surface area contributed by atoms with E-state index in [9.17, 15) is 0 Å². The van der Waals surface area contributed by atoms with Gasteiger partial charge in [0.15, 0.2) is 0 Å². The summed E-state index contributed by atoms with van der Waals surface area (Å²) in [5.41, 5.74) is 3.84. The lowest BCUT2D eigenvalue weighted by atomic mass is 9.77. The zero-order valence-electron chi connectivity index (χ0n) is 15.6. The summed E-state index contributed by atoms with van der Waals surface area (Å²) in [6.45, 7) is 6.62. The zero-order chi connectivity index (χ0) is 18.1. The van der Waals surface area contributed by atoms with Gasteiger partial charge >= 0.3 is 0 Å². The predicted octanol–water partition coefficient (Wildman–Crippen LogP) is 5.37. The first-order valence-electron chi connectivity index (χ1n) is 9.05. The summed E-state index contributed by atoms with van der Waals surface area (Å²) in [7, 11) is 2.10. The Kier molecular flexibility index (Phi) is 2.90. The largest absolute Gasteiger partial charge is 0.459 e. The van der Waals surface area contributed by atoms with E-state index in [2.05, 4.69) is 75.2 Å². The van der Waals surface area contributed by atoms with Gasteiger partial charge in [-0.3, -0.25) is 4.99 Å². The van der Waals surface area contributed by atoms with Gasteiger partial charge in [0.25, 0.3) is 0 Å². The fourth-order valence-electron chi connectivity index (χ4n) is 4.47. The van der Waals surface area contributed by atoms with Crippen LogP contribution in [0.25, 0.3) is 10.8 Å². The molecule has 0 bridgehead atoms. The van der Waals surface area contributed by atoms with Gasteiger partial charge in [-0.2, -0.15) is 0 Å². The van der Waals surface area contributed by atoms with Crippen LogP contribution in [0.3, 0.4) is 0 Å². The van der Waals surface area contributed by atoms with Gasteiger partial charge in [0, 0.05) is 18.1 Å². The third-order valence-electron chi connectivity index (χ3n) is 6.08. The maximum atomic E-state index is 6.72. The molecule has 130 valence electrons. The maximum Gasteiger partial charge on any atom is 0.228 e. The molecule has 0 saturated heterocycles. The van der Waals surface area contributed by atoms with Crippen LogP contribution in [-0.4, -0.2) is 19.0 Å². The van der Waals surface area contributed by atoms with Gasteiger partial charge < -0.3 is 9.64 Å². The van der Waals surface area contributed by atoms with Crippen molar-refractivity contribution >= 4 is 28.4 Å². The van der Waals surface area contributed by atoms with E-state index < -0.39 is 5.72 Å². The number of anilines is 1. The van der Waals surface area contributed by atoms with Crippen LogP contribution in [0.5, 0.6) is 5.75 Å². The van der Waals surface area contributed by atoms with Crippen molar-refractivity contribution in [1.82, 2.24) is 0 Å². The standard InChI is InChI=1S/C23H22N2O/c1-15-9-11-19-18(13-15)22(2,3)23(25(19)4)14-24-21-17-8-6-5-7-16(17)10-12-20(21)26-23/h5-14H,1-4H3. The van der Waals surface area contributed by atoms with Crippen LogP contribution in [0.15, 0.2) is 59.6 Å². The molecule has 3 heteroatoms. The Balaban J connectivity index is 1.71. The molecule has 0 radical (unpaired) electrons. The number of rotatable bonds is 0. The van der Waals surface area contributed by atoms with Crippen molar-refractivity contribution in [1.29, 1.82) is 0 Å². The summed E-state index contributed by atoms with van der Waals surface area (Å²) >= 11 is 0. The van der Waals surface area contributed by atoms with E-state index >= 15 is 0 Å². The lowest BCUT2D eigenvalue weighted by Crippen LogP contribution is -2.61. The van der Waals surface area contributed by atoms with E-state index in [1.54, 1.807) is 0 Å². The van der Waals surface area contributed by atoms with E-state index in [-0.39, 0.29) is 5.41 Å². The van der Waals surface area contributed by atoms with E-state index in [0.29, 0.717) is 0 Å². The molecule has 0 saturated carbocycles. The summed E-state index contributed by atoms with van der Waals surface area (Å²) in [6.07, 6.45) is 2.00. The Morgan fingerprint density at radius 2 is 1.81 bits per heavy atom. The number of hydrogen-bond acceptors (Lipinski definition) is 3. The number of nitrogens with zero attached hydrogens (tertiary/aromatic N) is 2. The van der Waals surface area contributed by atoms with E-state index in [1.165, 1.54) is 22.2 Å². The smallest absolute Gasteiger partial charge is 0.228 e. The van der Waals surface area contributed by atoms with Crippen molar-refractivity contribution < 1.29 is 4.74 Å². The normalized spacial score (nSPS) is 22.4. The quantitative estimate of drug-likeness (QED) is 0.549. The van der Waals surface area contributed by atoms with Crippen LogP contribution in [0, 0.1) is 6.92 Å². The molecule has 2 aliphatic rings. The van der Waals surface area contributed by atoms with Crippen molar-refractivity contribution in [2.24, 2.45) is 4.99 Å². The molecule has 26 heavy (non-hydrogen) atoms. The van der Waals surface area contributed by atoms with Gasteiger partial charge in [0.1, 0.15) is 11.4 Å². The second-order valence-electron chi connectivity index (χ2n) is 7.89. The summed E-state index contributed by atoms with van der Waals surface area (Å²) < 4.78 is 6.72. The molecule has 0 fully saturated rings. The predicted molar refractivity (Wildman–Crippen MR) is 108 cm³/mol. The molecule has 1 unspecified atom stereocenters. The first kappa shape index (κ1) is 15.4. The maximum absolute atomic E-state index is 6.72. The molecule has 3 nitrogen and oxygen atoms in total. The number of ether oxygens (including phenoxy) is 1. The van der Waals surface area contributed by atoms with Gasteiger partial charge in [-0.05, 0) is 43.9 Å². The topological polar surface area (TPSA) is 24.8 Å². The molecule has 1 atom stereocenters. The number of benzene rings is 3. The summed E-state index contributed by atoms with van der Waals surface area (Å²) in [5, 5.41) is 2.31. The zero-order valence-corrected chi connectivity index (χ0v) is 15.6. The van der Waals surface area contributed by atoms with Gasteiger partial charge in [-0.15, -0.1) is 0 Å². The van der Waals surface area contributed by atoms with Crippen LogP contribution < -0.4 is 9.64 Å². The first-order valence-corrected chi connectivity index (χ1v) is 9.05. The number of fused-ring (bicyclic) bond motifs is 4. The lowest BCUT2D eigenvalue weighted by molar-refractivity contribution is 0.0826. The first-order chi connectivity index (χ1) is 12.4. The second-order valence-corrected chi connectivity index (χ2v) is 7.89. The van der Waals surface area contributed by atoms with Gasteiger partial charge in [0.05, 0.1) is 11.6 Å². The van der Waals surface area contributed by atoms with Crippen molar-refractivity contribution in [2.45, 2.75) is 31.9 Å². The van der Waals surface area contributed by atoms with Crippen LogP contribution in [0.1, 0.15) is 25.0 Å². The Morgan fingerprint density at radius 1 is 1.00 bits per heavy atom. The van der Waals surface area contributed by atoms with E-state index in [0.717, 1.165) is 16.8 Å². The monoisotopic (exact) mass is 342 g/mol. The second kappa shape index (κ2) is 4.88. The van der Waals surface area contributed by atoms with Crippen molar-refractivity contribution in [2.75, 3.05) is 11.9 Å². The van der Waals surface area contributed by atoms with Crippen molar-refractivity contribution in [3.63, 3.8) is 0 Å². The number of likely N-dealkylation sites (N-methyl/N-ethyl adjacent to an activating group) is 1. The van der Waals surface area contributed by atoms with Crippen LogP contribution in [0.4, 0.5) is 11.4 Å². The molecule has 2 aliphatic heterocycles. The van der Waals surface area contributed by atoms with Gasteiger partial charge in [-0.25, -0.2) is 0 Å². The molecule has 5 rings (SSSR count). The number of hydrogen-bond donors (Lipinski definition) is 0. The van der Waals surface area contributed by atoms with E-state index in [1.807, 2.05) is 18.3 Å². The Morgan fingerprint density at radius 3 is 2.65 bits per heavy atom. The minimum Gasteiger partial charge on any atom is -0.459 e. The summed E-state index contributed by atoms with van der Waals surface area (Å²) in [6, 6.07) is 19.1. The Hall–Kier alpha value is -2.81. The molecule has 0 aliphatic carbocycles. The molecule has 0 aromatic heterocycles. The lowest BCUT2D eigenvalue weighted by Gasteiger charge is -2.45. The average Bonchev–Trinajstić information content (AvgIpc) is 2.80. The highest BCUT2D eigenvalue weighted by Gasteiger charge is 2.58. The molecule has 1 spiro atoms. The molecule has 0 amide bonds. The number of aryl methyl sites for hydroxylation is 1. The third kappa shape index (κ3) is 1.75. The molecule has 3 aromatic carbocycles. The highest BCUT2D eigenvalue weighted by molar-refractivity contribution is 5.99. The summed E-state index contributed by atoms with van der Waals surface area (Å²) in [5.74, 6) is 0.843.